The first-order valence-corrected chi connectivity index (χ1v) is 7.73. The van der Waals surface area contributed by atoms with Crippen LogP contribution in [0.1, 0.15) is 24.8 Å². The fraction of sp³-hybridized carbons (Fsp3) is 0.375. The van der Waals surface area contributed by atoms with E-state index >= 15 is 0 Å². The van der Waals surface area contributed by atoms with Crippen molar-refractivity contribution in [2.24, 2.45) is 0 Å². The average Bonchev–Trinajstić information content (AvgIpc) is 3.28. The highest BCUT2D eigenvalue weighted by atomic mass is 19.1. The van der Waals surface area contributed by atoms with Crippen molar-refractivity contribution in [3.63, 3.8) is 0 Å². The molecule has 1 aliphatic rings. The van der Waals surface area contributed by atoms with E-state index in [2.05, 4.69) is 4.98 Å². The Morgan fingerprint density at radius 1 is 1.42 bits per heavy atom. The van der Waals surface area contributed by atoms with Crippen LogP contribution in [0.2, 0.25) is 0 Å². The van der Waals surface area contributed by atoms with E-state index in [1.165, 1.54) is 23.2 Å². The first-order chi connectivity index (χ1) is 11.5. The zero-order chi connectivity index (χ0) is 17.1. The van der Waals surface area contributed by atoms with E-state index in [1.807, 2.05) is 0 Å². The SMILES string of the molecule is O=C(CCn1cnc([N+](=O)[O-])c1)N(Cc1ccccc1F)C1CC1. The van der Waals surface area contributed by atoms with Gasteiger partial charge in [0.25, 0.3) is 0 Å². The molecule has 1 saturated carbocycles. The van der Waals surface area contributed by atoms with Crippen molar-refractivity contribution in [2.45, 2.75) is 38.4 Å². The Kier molecular flexibility index (Phi) is 4.54. The maximum Gasteiger partial charge on any atom is 0.381 e. The summed E-state index contributed by atoms with van der Waals surface area (Å²) in [6, 6.07) is 6.59. The fourth-order valence-corrected chi connectivity index (χ4v) is 2.55. The van der Waals surface area contributed by atoms with E-state index in [0.717, 1.165) is 12.8 Å². The Morgan fingerprint density at radius 2 is 2.17 bits per heavy atom. The number of aromatic nitrogens is 2. The lowest BCUT2D eigenvalue weighted by Gasteiger charge is -2.23. The molecular weight excluding hydrogens is 315 g/mol. The molecule has 0 radical (unpaired) electrons. The molecular formula is C16H17FN4O3. The van der Waals surface area contributed by atoms with Gasteiger partial charge in [-0.25, -0.2) is 4.39 Å². The summed E-state index contributed by atoms with van der Waals surface area (Å²) < 4.78 is 15.3. The molecule has 8 heteroatoms. The van der Waals surface area contributed by atoms with Crippen LogP contribution >= 0.6 is 0 Å². The van der Waals surface area contributed by atoms with E-state index in [4.69, 9.17) is 0 Å². The van der Waals surface area contributed by atoms with E-state index in [0.29, 0.717) is 12.1 Å². The number of nitro groups is 1. The van der Waals surface area contributed by atoms with E-state index in [9.17, 15) is 19.3 Å². The van der Waals surface area contributed by atoms with Gasteiger partial charge >= 0.3 is 5.82 Å². The summed E-state index contributed by atoms with van der Waals surface area (Å²) >= 11 is 0. The largest absolute Gasteiger partial charge is 0.381 e. The molecule has 1 aromatic carbocycles. The Balaban J connectivity index is 1.62. The third-order valence-electron chi connectivity index (χ3n) is 4.00. The van der Waals surface area contributed by atoms with Crippen molar-refractivity contribution in [3.05, 3.63) is 58.3 Å². The van der Waals surface area contributed by atoms with E-state index < -0.39 is 4.92 Å². The van der Waals surface area contributed by atoms with Crippen LogP contribution in [0.3, 0.4) is 0 Å². The fourth-order valence-electron chi connectivity index (χ4n) is 2.55. The standard InChI is InChI=1S/C16H17FN4O3/c17-14-4-2-1-3-12(14)9-20(13-5-6-13)16(22)7-8-19-10-15(18-11-19)21(23)24/h1-4,10-11,13H,5-9H2. The first-order valence-electron chi connectivity index (χ1n) is 7.73. The molecule has 0 unspecified atom stereocenters. The van der Waals surface area contributed by atoms with Crippen molar-refractivity contribution >= 4 is 11.7 Å². The summed E-state index contributed by atoms with van der Waals surface area (Å²) in [5.74, 6) is -0.647. The normalized spacial score (nSPS) is 13.7. The lowest BCUT2D eigenvalue weighted by atomic mass is 10.2. The predicted molar refractivity (Wildman–Crippen MR) is 83.5 cm³/mol. The maximum atomic E-state index is 13.8. The number of benzene rings is 1. The van der Waals surface area contributed by atoms with Crippen molar-refractivity contribution in [1.29, 1.82) is 0 Å². The molecule has 1 fully saturated rings. The van der Waals surface area contributed by atoms with Gasteiger partial charge in [0, 0.05) is 31.1 Å². The van der Waals surface area contributed by atoms with E-state index in [1.54, 1.807) is 23.1 Å². The highest BCUT2D eigenvalue weighted by Crippen LogP contribution is 2.29. The van der Waals surface area contributed by atoms with Crippen LogP contribution in [-0.4, -0.2) is 31.3 Å². The van der Waals surface area contributed by atoms with Gasteiger partial charge in [0.05, 0.1) is 0 Å². The Morgan fingerprint density at radius 3 is 2.79 bits per heavy atom. The number of amides is 1. The molecule has 0 spiro atoms. The van der Waals surface area contributed by atoms with Gasteiger partial charge in [0.15, 0.2) is 0 Å². The third-order valence-corrected chi connectivity index (χ3v) is 4.00. The van der Waals surface area contributed by atoms with Gasteiger partial charge in [-0.3, -0.25) is 4.79 Å². The molecule has 126 valence electrons. The number of hydrogen-bond acceptors (Lipinski definition) is 4. The molecule has 1 aromatic heterocycles. The molecule has 0 bridgehead atoms. The molecule has 24 heavy (non-hydrogen) atoms. The summed E-state index contributed by atoms with van der Waals surface area (Å²) in [4.78, 5) is 27.9. The van der Waals surface area contributed by atoms with Gasteiger partial charge in [-0.05, 0) is 28.8 Å². The second-order valence-electron chi connectivity index (χ2n) is 5.82. The number of halogens is 1. The molecule has 1 aliphatic carbocycles. The van der Waals surface area contributed by atoms with Crippen LogP contribution in [0, 0.1) is 15.9 Å². The van der Waals surface area contributed by atoms with Gasteiger partial charge in [0.2, 0.25) is 12.2 Å². The minimum absolute atomic E-state index is 0.0860. The van der Waals surface area contributed by atoms with Gasteiger partial charge in [-0.1, -0.05) is 18.2 Å². The van der Waals surface area contributed by atoms with Crippen molar-refractivity contribution in [3.8, 4) is 0 Å². The molecule has 0 atom stereocenters. The molecule has 0 aliphatic heterocycles. The molecule has 0 saturated heterocycles. The Bertz CT molecular complexity index is 757. The van der Waals surface area contributed by atoms with Crippen LogP contribution in [0.4, 0.5) is 10.2 Å². The average molecular weight is 332 g/mol. The number of aryl methyl sites for hydroxylation is 1. The number of rotatable bonds is 7. The van der Waals surface area contributed by atoms with Crippen molar-refractivity contribution in [1.82, 2.24) is 14.5 Å². The monoisotopic (exact) mass is 332 g/mol. The molecule has 0 N–H and O–H groups in total. The molecule has 3 rings (SSSR count). The van der Waals surface area contributed by atoms with Gasteiger partial charge in [0.1, 0.15) is 12.0 Å². The second-order valence-corrected chi connectivity index (χ2v) is 5.82. The summed E-state index contributed by atoms with van der Waals surface area (Å²) in [6.45, 7) is 0.556. The topological polar surface area (TPSA) is 81.3 Å². The second kappa shape index (κ2) is 6.77. The van der Waals surface area contributed by atoms with Crippen molar-refractivity contribution in [2.75, 3.05) is 0 Å². The molecule has 2 aromatic rings. The smallest absolute Gasteiger partial charge is 0.358 e. The summed E-state index contributed by atoms with van der Waals surface area (Å²) in [7, 11) is 0. The maximum absolute atomic E-state index is 13.8. The summed E-state index contributed by atoms with van der Waals surface area (Å²) in [5.41, 5.74) is 0.496. The zero-order valence-electron chi connectivity index (χ0n) is 13.0. The van der Waals surface area contributed by atoms with E-state index in [-0.39, 0.29) is 36.5 Å². The van der Waals surface area contributed by atoms with Crippen LogP contribution in [-0.2, 0) is 17.9 Å². The summed E-state index contributed by atoms with van der Waals surface area (Å²) in [6.07, 6.45) is 4.68. The minimum Gasteiger partial charge on any atom is -0.358 e. The van der Waals surface area contributed by atoms with Gasteiger partial charge in [-0.2, -0.15) is 0 Å². The minimum atomic E-state index is -0.576. The quantitative estimate of drug-likeness (QED) is 0.576. The highest BCUT2D eigenvalue weighted by Gasteiger charge is 2.32. The Labute approximate surface area is 137 Å². The van der Waals surface area contributed by atoms with Crippen LogP contribution in [0.5, 0.6) is 0 Å². The van der Waals surface area contributed by atoms with Crippen LogP contribution in [0.25, 0.3) is 0 Å². The molecule has 1 amide bonds. The number of carbonyl (C=O) groups excluding carboxylic acids is 1. The number of nitrogens with zero attached hydrogens (tertiary/aromatic N) is 4. The number of carbonyl (C=O) groups is 1. The lowest BCUT2D eigenvalue weighted by molar-refractivity contribution is -0.389. The number of hydrogen-bond donors (Lipinski definition) is 0. The zero-order valence-corrected chi connectivity index (χ0v) is 13.0. The predicted octanol–water partition coefficient (Wildman–Crippen LogP) is 2.51. The number of imidazole rings is 1. The van der Waals surface area contributed by atoms with Crippen LogP contribution in [0.15, 0.2) is 36.8 Å². The Hall–Kier alpha value is -2.77. The van der Waals surface area contributed by atoms with Crippen molar-refractivity contribution < 1.29 is 14.1 Å². The molecule has 7 nitrogen and oxygen atoms in total. The lowest BCUT2D eigenvalue weighted by Crippen LogP contribution is -2.33. The highest BCUT2D eigenvalue weighted by molar-refractivity contribution is 5.76. The molecule has 1 heterocycles. The van der Waals surface area contributed by atoms with Gasteiger partial charge in [-0.15, -0.1) is 0 Å². The van der Waals surface area contributed by atoms with Gasteiger partial charge < -0.3 is 19.6 Å². The van der Waals surface area contributed by atoms with Crippen LogP contribution < -0.4 is 0 Å². The third kappa shape index (κ3) is 3.76. The summed E-state index contributed by atoms with van der Waals surface area (Å²) in [5, 5.41) is 10.6. The first kappa shape index (κ1) is 16.1.